The molecule has 1 heterocycles. The lowest BCUT2D eigenvalue weighted by atomic mass is 10.0. The molecular weight excluding hydrogens is 406 g/mol. The number of hydrogen-bond acceptors (Lipinski definition) is 5. The minimum Gasteiger partial charge on any atom is -0.498 e. The van der Waals surface area contributed by atoms with E-state index in [-0.39, 0.29) is 24.1 Å². The quantitative estimate of drug-likeness (QED) is 0.319. The molecule has 0 unspecified atom stereocenters. The highest BCUT2D eigenvalue weighted by molar-refractivity contribution is 6.29. The molecular formula is C22H22ClN3O4. The second-order valence-electron chi connectivity index (χ2n) is 6.33. The zero-order chi connectivity index (χ0) is 21.0. The Bertz CT molecular complexity index is 1010. The number of amides is 1. The van der Waals surface area contributed by atoms with Crippen LogP contribution in [0.1, 0.15) is 16.7 Å². The Morgan fingerprint density at radius 3 is 2.27 bits per heavy atom. The third kappa shape index (κ3) is 4.69. The molecule has 0 saturated carbocycles. The lowest BCUT2D eigenvalue weighted by Crippen LogP contribution is -2.26. The third-order valence-electron chi connectivity index (χ3n) is 4.59. The van der Waals surface area contributed by atoms with Crippen molar-refractivity contribution >= 4 is 47.5 Å². The van der Waals surface area contributed by atoms with Gasteiger partial charge in [-0.05, 0) is 41.5 Å². The molecule has 0 atom stereocenters. The molecule has 3 N–H and O–H groups in total. The highest BCUT2D eigenvalue weighted by Crippen LogP contribution is 2.32. The van der Waals surface area contributed by atoms with E-state index in [1.54, 1.807) is 42.4 Å². The minimum absolute atomic E-state index is 0. The summed E-state index contributed by atoms with van der Waals surface area (Å²) in [5, 5.41) is 7.48. The van der Waals surface area contributed by atoms with Crippen molar-refractivity contribution in [3.05, 3.63) is 77.1 Å². The van der Waals surface area contributed by atoms with Crippen LogP contribution in [0, 0.1) is 5.41 Å². The summed E-state index contributed by atoms with van der Waals surface area (Å²) in [6.07, 6.45) is 2.97. The third-order valence-corrected chi connectivity index (χ3v) is 4.59. The largest absolute Gasteiger partial charge is 0.498 e. The lowest BCUT2D eigenvalue weighted by Gasteiger charge is -2.17. The number of nitrogens with one attached hydrogen (secondary N) is 1. The van der Waals surface area contributed by atoms with Crippen LogP contribution in [0.4, 0.5) is 5.69 Å². The summed E-state index contributed by atoms with van der Waals surface area (Å²) in [6.45, 7) is 0.314. The van der Waals surface area contributed by atoms with Gasteiger partial charge in [-0.2, -0.15) is 0 Å². The van der Waals surface area contributed by atoms with Gasteiger partial charge in [0.1, 0.15) is 11.6 Å². The van der Waals surface area contributed by atoms with Gasteiger partial charge in [0, 0.05) is 17.3 Å². The van der Waals surface area contributed by atoms with Crippen LogP contribution in [0.5, 0.6) is 0 Å². The van der Waals surface area contributed by atoms with Crippen molar-refractivity contribution in [2.45, 2.75) is 0 Å². The monoisotopic (exact) mass is 427 g/mol. The fourth-order valence-corrected chi connectivity index (χ4v) is 3.02. The maximum Gasteiger partial charge on any atom is 0.330 e. The van der Waals surface area contributed by atoms with Crippen LogP contribution in [0.25, 0.3) is 11.6 Å². The molecule has 0 aromatic heterocycles. The van der Waals surface area contributed by atoms with E-state index in [4.69, 9.17) is 15.9 Å². The minimum atomic E-state index is -0.434. The number of methoxy groups -OCH3 is 2. The van der Waals surface area contributed by atoms with Crippen molar-refractivity contribution in [2.24, 2.45) is 5.73 Å². The van der Waals surface area contributed by atoms with Crippen LogP contribution in [0.15, 0.2) is 60.4 Å². The molecule has 156 valence electrons. The van der Waals surface area contributed by atoms with Gasteiger partial charge >= 0.3 is 5.97 Å². The SMILES string of the molecule is COC(=O)C=Cc1ccc(C2=C(OC)CN(c3ccc(C(=N)N)cc3)C2=O)cc1.Cl. The molecule has 2 aromatic rings. The maximum atomic E-state index is 13.1. The molecule has 0 spiro atoms. The van der Waals surface area contributed by atoms with Crippen molar-refractivity contribution in [1.82, 2.24) is 0 Å². The number of amidine groups is 1. The Morgan fingerprint density at radius 1 is 1.10 bits per heavy atom. The number of carbonyl (C=O) groups excluding carboxylic acids is 2. The van der Waals surface area contributed by atoms with Crippen LogP contribution in [0.3, 0.4) is 0 Å². The molecule has 8 heteroatoms. The summed E-state index contributed by atoms with van der Waals surface area (Å²) in [4.78, 5) is 25.9. The Hall–Kier alpha value is -3.58. The van der Waals surface area contributed by atoms with Gasteiger partial charge in [0.15, 0.2) is 0 Å². The first-order valence-electron chi connectivity index (χ1n) is 8.84. The smallest absolute Gasteiger partial charge is 0.330 e. The van der Waals surface area contributed by atoms with Crippen LogP contribution < -0.4 is 10.6 Å². The first kappa shape index (κ1) is 22.7. The number of halogens is 1. The number of nitrogen functional groups attached to an aromatic ring is 1. The van der Waals surface area contributed by atoms with Gasteiger partial charge in [-0.15, -0.1) is 12.4 Å². The molecule has 7 nitrogen and oxygen atoms in total. The van der Waals surface area contributed by atoms with Crippen LogP contribution in [0.2, 0.25) is 0 Å². The summed E-state index contributed by atoms with van der Waals surface area (Å²) in [6, 6.07) is 14.2. The van der Waals surface area contributed by atoms with Crippen LogP contribution in [-0.2, 0) is 19.1 Å². The molecule has 0 fully saturated rings. The molecule has 1 aliphatic heterocycles. The van der Waals surface area contributed by atoms with Crippen LogP contribution in [-0.4, -0.2) is 38.5 Å². The van der Waals surface area contributed by atoms with Crippen molar-refractivity contribution in [3.63, 3.8) is 0 Å². The van der Waals surface area contributed by atoms with Gasteiger partial charge in [0.25, 0.3) is 5.91 Å². The lowest BCUT2D eigenvalue weighted by molar-refractivity contribution is -0.134. The van der Waals surface area contributed by atoms with Gasteiger partial charge in [0.2, 0.25) is 0 Å². The van der Waals surface area contributed by atoms with E-state index < -0.39 is 5.97 Å². The molecule has 3 rings (SSSR count). The van der Waals surface area contributed by atoms with E-state index in [1.165, 1.54) is 13.2 Å². The molecule has 1 amide bonds. The average Bonchev–Trinajstić information content (AvgIpc) is 3.08. The normalized spacial score (nSPS) is 13.4. The number of esters is 1. The highest BCUT2D eigenvalue weighted by Gasteiger charge is 2.33. The standard InChI is InChI=1S/C22H21N3O4.ClH/c1-28-18-13-25(17-10-8-16(9-11-17)21(23)24)22(27)20(18)15-6-3-14(4-7-15)5-12-19(26)29-2;/h3-12H,13H2,1-2H3,(H3,23,24);1H. The molecule has 0 bridgehead atoms. The number of nitrogens with two attached hydrogens (primary N) is 1. The topological polar surface area (TPSA) is 106 Å². The van der Waals surface area contributed by atoms with Crippen molar-refractivity contribution in [2.75, 3.05) is 25.7 Å². The first-order chi connectivity index (χ1) is 13.9. The zero-order valence-electron chi connectivity index (χ0n) is 16.5. The molecule has 30 heavy (non-hydrogen) atoms. The second-order valence-corrected chi connectivity index (χ2v) is 6.33. The molecule has 0 saturated heterocycles. The molecule has 0 aliphatic carbocycles. The Balaban J connectivity index is 0.00000320. The fourth-order valence-electron chi connectivity index (χ4n) is 3.02. The van der Waals surface area contributed by atoms with Gasteiger partial charge in [-0.3, -0.25) is 10.2 Å². The zero-order valence-corrected chi connectivity index (χ0v) is 17.4. The van der Waals surface area contributed by atoms with Gasteiger partial charge in [-0.25, -0.2) is 4.79 Å². The summed E-state index contributed by atoms with van der Waals surface area (Å²) in [5.41, 5.74) is 8.80. The molecule has 1 aliphatic rings. The summed E-state index contributed by atoms with van der Waals surface area (Å²) < 4.78 is 10.0. The van der Waals surface area contributed by atoms with Crippen molar-refractivity contribution in [1.29, 1.82) is 5.41 Å². The van der Waals surface area contributed by atoms with E-state index >= 15 is 0 Å². The summed E-state index contributed by atoms with van der Waals surface area (Å²) in [5.74, 6) is -0.0586. The molecule has 2 aromatic carbocycles. The van der Waals surface area contributed by atoms with Crippen molar-refractivity contribution in [3.8, 4) is 0 Å². The van der Waals surface area contributed by atoms with Crippen molar-refractivity contribution < 1.29 is 19.1 Å². The van der Waals surface area contributed by atoms with E-state index in [0.717, 1.165) is 11.1 Å². The molecule has 0 radical (unpaired) electrons. The number of anilines is 1. The Kier molecular flexibility index (Phi) is 7.38. The van der Waals surface area contributed by atoms with Crippen LogP contribution >= 0.6 is 12.4 Å². The maximum absolute atomic E-state index is 13.1. The predicted molar refractivity (Wildman–Crippen MR) is 118 cm³/mol. The second kappa shape index (κ2) is 9.76. The first-order valence-corrected chi connectivity index (χ1v) is 8.84. The number of ether oxygens (including phenoxy) is 2. The van der Waals surface area contributed by atoms with Gasteiger partial charge in [0.05, 0.1) is 26.3 Å². The van der Waals surface area contributed by atoms with E-state index in [1.807, 2.05) is 24.3 Å². The van der Waals surface area contributed by atoms with Gasteiger partial charge < -0.3 is 20.1 Å². The van der Waals surface area contributed by atoms with Gasteiger partial charge in [-0.1, -0.05) is 24.3 Å². The Labute approximate surface area is 180 Å². The van der Waals surface area contributed by atoms with E-state index in [2.05, 4.69) is 4.74 Å². The number of rotatable bonds is 6. The summed E-state index contributed by atoms with van der Waals surface area (Å²) >= 11 is 0. The summed E-state index contributed by atoms with van der Waals surface area (Å²) in [7, 11) is 2.86. The highest BCUT2D eigenvalue weighted by atomic mass is 35.5. The fraction of sp³-hybridized carbons (Fsp3) is 0.136. The number of hydrogen-bond donors (Lipinski definition) is 2. The van der Waals surface area contributed by atoms with E-state index in [0.29, 0.717) is 29.1 Å². The Morgan fingerprint density at radius 2 is 1.73 bits per heavy atom. The average molecular weight is 428 g/mol. The number of carbonyl (C=O) groups is 2. The van der Waals surface area contributed by atoms with E-state index in [9.17, 15) is 9.59 Å². The number of nitrogens with zero attached hydrogens (tertiary/aromatic N) is 1. The predicted octanol–water partition coefficient (Wildman–Crippen LogP) is 2.98. The number of benzene rings is 2.